The first-order valence-electron chi connectivity index (χ1n) is 6.74. The van der Waals surface area contributed by atoms with Crippen molar-refractivity contribution in [3.05, 3.63) is 54.0 Å². The van der Waals surface area contributed by atoms with Crippen molar-refractivity contribution in [3.8, 4) is 0 Å². The number of benzene rings is 1. The number of hydrogen-bond donors (Lipinski definition) is 1. The summed E-state index contributed by atoms with van der Waals surface area (Å²) < 4.78 is 8.49. The summed E-state index contributed by atoms with van der Waals surface area (Å²) in [6.45, 7) is 3.10. The van der Waals surface area contributed by atoms with Gasteiger partial charge in [0, 0.05) is 11.6 Å². The largest absolute Gasteiger partial charge is 0.305 e. The summed E-state index contributed by atoms with van der Waals surface area (Å²) >= 11 is 1.24. The quantitative estimate of drug-likeness (QED) is 0.782. The number of nitrogens with zero attached hydrogens (tertiary/aromatic N) is 3. The van der Waals surface area contributed by atoms with Crippen molar-refractivity contribution in [2.24, 2.45) is 0 Å². The Balaban J connectivity index is 1.99. The summed E-state index contributed by atoms with van der Waals surface area (Å²) in [6.07, 6.45) is 4.74. The number of aromatic nitrogens is 3. The fourth-order valence-corrected chi connectivity index (χ4v) is 2.69. The van der Waals surface area contributed by atoms with E-state index in [4.69, 9.17) is 0 Å². The minimum atomic E-state index is 0.0834. The Bertz CT molecular complexity index is 681. The monoisotopic (exact) mass is 284 g/mol. The zero-order chi connectivity index (χ0) is 13.8. The first kappa shape index (κ1) is 13.1. The molecular formula is C15H16N4S. The molecule has 0 saturated carbocycles. The Kier molecular flexibility index (Phi) is 3.99. The first-order valence-corrected chi connectivity index (χ1v) is 7.47. The van der Waals surface area contributed by atoms with Crippen LogP contribution in [0.25, 0.3) is 10.9 Å². The van der Waals surface area contributed by atoms with Crippen LogP contribution < -0.4 is 5.32 Å². The van der Waals surface area contributed by atoms with Crippen LogP contribution in [0, 0.1) is 0 Å². The SMILES string of the molecule is CCCNC(c1ccc2cccnc2c1)c1cnsn1. The van der Waals surface area contributed by atoms with Crippen LogP contribution in [0.1, 0.15) is 30.6 Å². The maximum atomic E-state index is 4.42. The second-order valence-electron chi connectivity index (χ2n) is 4.67. The second-order valence-corrected chi connectivity index (χ2v) is 5.23. The average molecular weight is 284 g/mol. The molecule has 5 heteroatoms. The summed E-state index contributed by atoms with van der Waals surface area (Å²) in [7, 11) is 0. The Hall–Kier alpha value is -1.85. The van der Waals surface area contributed by atoms with Crippen LogP contribution in [0.2, 0.25) is 0 Å². The highest BCUT2D eigenvalue weighted by Crippen LogP contribution is 2.23. The van der Waals surface area contributed by atoms with E-state index in [1.54, 1.807) is 0 Å². The van der Waals surface area contributed by atoms with Crippen molar-refractivity contribution in [1.82, 2.24) is 19.0 Å². The van der Waals surface area contributed by atoms with E-state index in [1.807, 2.05) is 18.5 Å². The third-order valence-electron chi connectivity index (χ3n) is 3.24. The molecule has 0 aliphatic rings. The van der Waals surface area contributed by atoms with E-state index in [9.17, 15) is 0 Å². The lowest BCUT2D eigenvalue weighted by molar-refractivity contribution is 0.590. The van der Waals surface area contributed by atoms with Crippen molar-refractivity contribution in [3.63, 3.8) is 0 Å². The molecule has 3 rings (SSSR count). The molecule has 0 bridgehead atoms. The highest BCUT2D eigenvalue weighted by Gasteiger charge is 2.16. The molecule has 0 spiro atoms. The van der Waals surface area contributed by atoms with E-state index >= 15 is 0 Å². The van der Waals surface area contributed by atoms with E-state index in [0.717, 1.165) is 29.6 Å². The molecule has 3 aromatic rings. The Morgan fingerprint density at radius 2 is 2.25 bits per heavy atom. The molecule has 0 fully saturated rings. The fraction of sp³-hybridized carbons (Fsp3) is 0.267. The van der Waals surface area contributed by atoms with Gasteiger partial charge in [-0.3, -0.25) is 4.98 Å². The number of fused-ring (bicyclic) bond motifs is 1. The van der Waals surface area contributed by atoms with Crippen molar-refractivity contribution >= 4 is 22.6 Å². The molecule has 0 aliphatic carbocycles. The Morgan fingerprint density at radius 1 is 1.30 bits per heavy atom. The molecule has 0 radical (unpaired) electrons. The molecule has 4 nitrogen and oxygen atoms in total. The predicted octanol–water partition coefficient (Wildman–Crippen LogP) is 3.18. The van der Waals surface area contributed by atoms with Gasteiger partial charge in [-0.15, -0.1) is 0 Å². The van der Waals surface area contributed by atoms with Gasteiger partial charge in [0.2, 0.25) is 0 Å². The van der Waals surface area contributed by atoms with Crippen LogP contribution >= 0.6 is 11.7 Å². The smallest absolute Gasteiger partial charge is 0.0957 e. The normalized spacial score (nSPS) is 12.7. The van der Waals surface area contributed by atoms with Crippen molar-refractivity contribution in [1.29, 1.82) is 0 Å². The zero-order valence-electron chi connectivity index (χ0n) is 11.3. The number of nitrogens with one attached hydrogen (secondary N) is 1. The van der Waals surface area contributed by atoms with Gasteiger partial charge in [-0.25, -0.2) is 0 Å². The predicted molar refractivity (Wildman–Crippen MR) is 81.8 cm³/mol. The van der Waals surface area contributed by atoms with E-state index in [-0.39, 0.29) is 6.04 Å². The fourth-order valence-electron chi connectivity index (χ4n) is 2.24. The standard InChI is InChI=1S/C15H16N4S/c1-2-7-17-15(14-10-18-20-19-14)12-6-5-11-4-3-8-16-13(11)9-12/h3-6,8-10,15,17H,2,7H2,1H3. The molecule has 20 heavy (non-hydrogen) atoms. The molecule has 2 heterocycles. The first-order chi connectivity index (χ1) is 9.88. The van der Waals surface area contributed by atoms with Crippen LogP contribution in [0.5, 0.6) is 0 Å². The van der Waals surface area contributed by atoms with Crippen LogP contribution in [-0.4, -0.2) is 20.3 Å². The lowest BCUT2D eigenvalue weighted by atomic mass is 10.0. The summed E-state index contributed by atoms with van der Waals surface area (Å²) in [5.41, 5.74) is 3.16. The molecule has 0 aliphatic heterocycles. The van der Waals surface area contributed by atoms with Gasteiger partial charge in [-0.05, 0) is 30.7 Å². The minimum Gasteiger partial charge on any atom is -0.305 e. The molecule has 1 aromatic carbocycles. The van der Waals surface area contributed by atoms with E-state index in [0.29, 0.717) is 0 Å². The maximum absolute atomic E-state index is 4.42. The minimum absolute atomic E-state index is 0.0834. The summed E-state index contributed by atoms with van der Waals surface area (Å²) in [4.78, 5) is 4.42. The van der Waals surface area contributed by atoms with Gasteiger partial charge in [0.25, 0.3) is 0 Å². The van der Waals surface area contributed by atoms with Crippen LogP contribution in [0.4, 0.5) is 0 Å². The highest BCUT2D eigenvalue weighted by molar-refractivity contribution is 6.99. The summed E-state index contributed by atoms with van der Waals surface area (Å²) in [5, 5.41) is 4.68. The summed E-state index contributed by atoms with van der Waals surface area (Å²) in [5.74, 6) is 0. The molecule has 0 saturated heterocycles. The van der Waals surface area contributed by atoms with Crippen LogP contribution in [0.15, 0.2) is 42.7 Å². The van der Waals surface area contributed by atoms with Gasteiger partial charge in [-0.2, -0.15) is 8.75 Å². The number of rotatable bonds is 5. The average Bonchev–Trinajstić information content (AvgIpc) is 3.02. The van der Waals surface area contributed by atoms with Crippen molar-refractivity contribution in [2.45, 2.75) is 19.4 Å². The molecule has 2 aromatic heterocycles. The van der Waals surface area contributed by atoms with Gasteiger partial charge in [0.15, 0.2) is 0 Å². The number of pyridine rings is 1. The van der Waals surface area contributed by atoms with Gasteiger partial charge in [0.05, 0.1) is 35.2 Å². The van der Waals surface area contributed by atoms with E-state index < -0.39 is 0 Å². The summed E-state index contributed by atoms with van der Waals surface area (Å²) in [6, 6.07) is 10.5. The van der Waals surface area contributed by atoms with Gasteiger partial charge in [0.1, 0.15) is 0 Å². The molecule has 1 unspecified atom stereocenters. The third-order valence-corrected chi connectivity index (χ3v) is 3.73. The van der Waals surface area contributed by atoms with Gasteiger partial charge >= 0.3 is 0 Å². The molecular weight excluding hydrogens is 268 g/mol. The molecule has 1 atom stereocenters. The lowest BCUT2D eigenvalue weighted by Crippen LogP contribution is -2.23. The third kappa shape index (κ3) is 2.69. The van der Waals surface area contributed by atoms with Crippen molar-refractivity contribution in [2.75, 3.05) is 6.54 Å². The maximum Gasteiger partial charge on any atom is 0.0957 e. The van der Waals surface area contributed by atoms with E-state index in [1.165, 1.54) is 17.3 Å². The Morgan fingerprint density at radius 3 is 3.05 bits per heavy atom. The van der Waals surface area contributed by atoms with Crippen LogP contribution in [-0.2, 0) is 0 Å². The number of hydrogen-bond acceptors (Lipinski definition) is 5. The second kappa shape index (κ2) is 6.07. The van der Waals surface area contributed by atoms with Crippen LogP contribution in [0.3, 0.4) is 0 Å². The van der Waals surface area contributed by atoms with Gasteiger partial charge in [-0.1, -0.05) is 25.1 Å². The highest BCUT2D eigenvalue weighted by atomic mass is 32.1. The van der Waals surface area contributed by atoms with Crippen molar-refractivity contribution < 1.29 is 0 Å². The molecule has 102 valence electrons. The lowest BCUT2D eigenvalue weighted by Gasteiger charge is -2.17. The topological polar surface area (TPSA) is 50.7 Å². The van der Waals surface area contributed by atoms with Gasteiger partial charge < -0.3 is 5.32 Å². The molecule has 1 N–H and O–H groups in total. The van der Waals surface area contributed by atoms with E-state index in [2.05, 4.69) is 50.2 Å². The molecule has 0 amide bonds. The zero-order valence-corrected chi connectivity index (χ0v) is 12.1. The Labute approximate surface area is 122 Å².